The third kappa shape index (κ3) is 3.28. The Morgan fingerprint density at radius 2 is 2.10 bits per heavy atom. The van der Waals surface area contributed by atoms with E-state index < -0.39 is 0 Å². The minimum atomic E-state index is 0.0176. The molecule has 2 aromatic rings. The standard InChI is InChI=1S/C16H19ClN2O/c1-11(17)8-9-19(3)16(20)14-10-12(2)18-15-7-5-4-6-13(14)15/h4-7,10-11H,8-9H2,1-3H3. The number of halogens is 1. The lowest BCUT2D eigenvalue weighted by Crippen LogP contribution is -2.29. The van der Waals surface area contributed by atoms with Crippen molar-refractivity contribution in [3.8, 4) is 0 Å². The van der Waals surface area contributed by atoms with Crippen LogP contribution in [0.25, 0.3) is 10.9 Å². The van der Waals surface area contributed by atoms with Crippen LogP contribution in [-0.2, 0) is 0 Å². The fourth-order valence-corrected chi connectivity index (χ4v) is 2.26. The molecular weight excluding hydrogens is 272 g/mol. The summed E-state index contributed by atoms with van der Waals surface area (Å²) in [5.41, 5.74) is 2.42. The largest absolute Gasteiger partial charge is 0.342 e. The Morgan fingerprint density at radius 1 is 1.40 bits per heavy atom. The first kappa shape index (κ1) is 14.8. The Hall–Kier alpha value is -1.61. The van der Waals surface area contributed by atoms with Crippen molar-refractivity contribution in [2.75, 3.05) is 13.6 Å². The highest BCUT2D eigenvalue weighted by atomic mass is 35.5. The number of alkyl halides is 1. The van der Waals surface area contributed by atoms with E-state index in [0.717, 1.165) is 23.0 Å². The summed E-state index contributed by atoms with van der Waals surface area (Å²) in [5, 5.41) is 0.968. The second-order valence-electron chi connectivity index (χ2n) is 5.12. The van der Waals surface area contributed by atoms with Crippen LogP contribution in [0.15, 0.2) is 30.3 Å². The van der Waals surface area contributed by atoms with Gasteiger partial charge in [-0.05, 0) is 32.4 Å². The van der Waals surface area contributed by atoms with Gasteiger partial charge in [0.2, 0.25) is 0 Å². The number of para-hydroxylation sites is 1. The van der Waals surface area contributed by atoms with Crippen molar-refractivity contribution >= 4 is 28.4 Å². The van der Waals surface area contributed by atoms with E-state index in [9.17, 15) is 4.79 Å². The van der Waals surface area contributed by atoms with Gasteiger partial charge in [-0.2, -0.15) is 0 Å². The fraction of sp³-hybridized carbons (Fsp3) is 0.375. The van der Waals surface area contributed by atoms with E-state index >= 15 is 0 Å². The number of carbonyl (C=O) groups is 1. The number of pyridine rings is 1. The summed E-state index contributed by atoms with van der Waals surface area (Å²) in [4.78, 5) is 18.8. The van der Waals surface area contributed by atoms with Crippen LogP contribution in [0.2, 0.25) is 0 Å². The number of rotatable bonds is 4. The third-order valence-electron chi connectivity index (χ3n) is 3.28. The molecule has 0 bridgehead atoms. The summed E-state index contributed by atoms with van der Waals surface area (Å²) < 4.78 is 0. The minimum Gasteiger partial charge on any atom is -0.342 e. The normalized spacial score (nSPS) is 12.4. The molecule has 1 unspecified atom stereocenters. The van der Waals surface area contributed by atoms with Gasteiger partial charge < -0.3 is 4.90 Å². The van der Waals surface area contributed by atoms with E-state index in [1.54, 1.807) is 4.90 Å². The zero-order chi connectivity index (χ0) is 14.7. The van der Waals surface area contributed by atoms with Crippen molar-refractivity contribution in [2.24, 2.45) is 0 Å². The summed E-state index contributed by atoms with van der Waals surface area (Å²) in [7, 11) is 1.81. The molecule has 106 valence electrons. The third-order valence-corrected chi connectivity index (χ3v) is 3.50. The molecule has 0 N–H and O–H groups in total. The first-order chi connectivity index (χ1) is 9.49. The van der Waals surface area contributed by atoms with E-state index in [-0.39, 0.29) is 11.3 Å². The van der Waals surface area contributed by atoms with Gasteiger partial charge in [0.05, 0.1) is 11.1 Å². The van der Waals surface area contributed by atoms with Crippen molar-refractivity contribution in [1.29, 1.82) is 0 Å². The molecule has 0 aliphatic carbocycles. The lowest BCUT2D eigenvalue weighted by Gasteiger charge is -2.19. The van der Waals surface area contributed by atoms with Gasteiger partial charge in [-0.25, -0.2) is 0 Å². The Morgan fingerprint density at radius 3 is 2.80 bits per heavy atom. The Kier molecular flexibility index (Phi) is 4.61. The molecule has 0 radical (unpaired) electrons. The highest BCUT2D eigenvalue weighted by molar-refractivity contribution is 6.20. The van der Waals surface area contributed by atoms with Gasteiger partial charge in [-0.1, -0.05) is 18.2 Å². The van der Waals surface area contributed by atoms with Crippen LogP contribution >= 0.6 is 11.6 Å². The Balaban J connectivity index is 2.34. The predicted octanol–water partition coefficient (Wildman–Crippen LogP) is 3.63. The summed E-state index contributed by atoms with van der Waals surface area (Å²) in [6, 6.07) is 9.58. The minimum absolute atomic E-state index is 0.0176. The molecule has 1 aromatic heterocycles. The molecule has 1 heterocycles. The van der Waals surface area contributed by atoms with Crippen molar-refractivity contribution in [2.45, 2.75) is 25.6 Å². The number of nitrogens with zero attached hydrogens (tertiary/aromatic N) is 2. The number of aromatic nitrogens is 1. The second kappa shape index (κ2) is 6.23. The predicted molar refractivity (Wildman–Crippen MR) is 83.4 cm³/mol. The molecule has 0 spiro atoms. The van der Waals surface area contributed by atoms with Crippen LogP contribution in [0.4, 0.5) is 0 Å². The number of carbonyl (C=O) groups excluding carboxylic acids is 1. The van der Waals surface area contributed by atoms with Crippen molar-refractivity contribution in [3.63, 3.8) is 0 Å². The lowest BCUT2D eigenvalue weighted by atomic mass is 10.1. The van der Waals surface area contributed by atoms with Crippen molar-refractivity contribution in [3.05, 3.63) is 41.6 Å². The van der Waals surface area contributed by atoms with Gasteiger partial charge in [-0.15, -0.1) is 11.6 Å². The average Bonchev–Trinajstić information content (AvgIpc) is 2.42. The zero-order valence-electron chi connectivity index (χ0n) is 12.1. The molecule has 20 heavy (non-hydrogen) atoms. The first-order valence-electron chi connectivity index (χ1n) is 6.75. The van der Waals surface area contributed by atoms with Gasteiger partial charge in [0.15, 0.2) is 0 Å². The Bertz CT molecular complexity index is 625. The molecule has 1 atom stereocenters. The Labute approximate surface area is 124 Å². The summed E-state index contributed by atoms with van der Waals surface area (Å²) in [5.74, 6) is 0.0176. The number of fused-ring (bicyclic) bond motifs is 1. The van der Waals surface area contributed by atoms with Crippen LogP contribution in [0.1, 0.15) is 29.4 Å². The monoisotopic (exact) mass is 290 g/mol. The molecule has 0 saturated heterocycles. The SMILES string of the molecule is Cc1cc(C(=O)N(C)CCC(C)Cl)c2ccccc2n1. The van der Waals surface area contributed by atoms with Gasteiger partial charge >= 0.3 is 0 Å². The molecule has 1 aromatic carbocycles. The highest BCUT2D eigenvalue weighted by Gasteiger charge is 2.16. The smallest absolute Gasteiger partial charge is 0.254 e. The van der Waals surface area contributed by atoms with E-state index in [1.165, 1.54) is 0 Å². The number of hydrogen-bond donors (Lipinski definition) is 0. The molecule has 3 nitrogen and oxygen atoms in total. The molecule has 1 amide bonds. The van der Waals surface area contributed by atoms with Gasteiger partial charge in [0, 0.05) is 30.0 Å². The van der Waals surface area contributed by atoms with Gasteiger partial charge in [0.25, 0.3) is 5.91 Å². The highest BCUT2D eigenvalue weighted by Crippen LogP contribution is 2.19. The van der Waals surface area contributed by atoms with Crippen LogP contribution in [0, 0.1) is 6.92 Å². The summed E-state index contributed by atoms with van der Waals surface area (Å²) >= 11 is 5.94. The van der Waals surface area contributed by atoms with Crippen molar-refractivity contribution < 1.29 is 4.79 Å². The lowest BCUT2D eigenvalue weighted by molar-refractivity contribution is 0.0795. The first-order valence-corrected chi connectivity index (χ1v) is 7.18. The molecule has 0 fully saturated rings. The van der Waals surface area contributed by atoms with E-state index in [1.807, 2.05) is 51.2 Å². The summed E-state index contributed by atoms with van der Waals surface area (Å²) in [6.45, 7) is 4.50. The number of hydrogen-bond acceptors (Lipinski definition) is 2. The van der Waals surface area contributed by atoms with Crippen molar-refractivity contribution in [1.82, 2.24) is 9.88 Å². The molecule has 0 aliphatic heterocycles. The molecular formula is C16H19ClN2O. The summed E-state index contributed by atoms with van der Waals surface area (Å²) in [6.07, 6.45) is 0.784. The van der Waals surface area contributed by atoms with E-state index in [0.29, 0.717) is 12.1 Å². The number of benzene rings is 1. The maximum atomic E-state index is 12.6. The molecule has 2 rings (SSSR count). The van der Waals surface area contributed by atoms with E-state index in [4.69, 9.17) is 11.6 Å². The molecule has 0 saturated carbocycles. The number of amides is 1. The van der Waals surface area contributed by atoms with Crippen LogP contribution < -0.4 is 0 Å². The van der Waals surface area contributed by atoms with E-state index in [2.05, 4.69) is 4.98 Å². The molecule has 0 aliphatic rings. The fourth-order valence-electron chi connectivity index (χ4n) is 2.16. The average molecular weight is 291 g/mol. The van der Waals surface area contributed by atoms with Crippen LogP contribution in [0.3, 0.4) is 0 Å². The van der Waals surface area contributed by atoms with Gasteiger partial charge in [-0.3, -0.25) is 9.78 Å². The van der Waals surface area contributed by atoms with Crippen LogP contribution in [0.5, 0.6) is 0 Å². The topological polar surface area (TPSA) is 33.2 Å². The maximum Gasteiger partial charge on any atom is 0.254 e. The molecule has 4 heteroatoms. The number of aryl methyl sites for hydroxylation is 1. The van der Waals surface area contributed by atoms with Crippen LogP contribution in [-0.4, -0.2) is 34.8 Å². The zero-order valence-corrected chi connectivity index (χ0v) is 12.8. The maximum absolute atomic E-state index is 12.6. The second-order valence-corrected chi connectivity index (χ2v) is 5.87. The van der Waals surface area contributed by atoms with Gasteiger partial charge in [0.1, 0.15) is 0 Å². The quantitative estimate of drug-likeness (QED) is 0.806.